The fourth-order valence-corrected chi connectivity index (χ4v) is 3.61. The van der Waals surface area contributed by atoms with Crippen molar-refractivity contribution in [2.24, 2.45) is 0 Å². The summed E-state index contributed by atoms with van der Waals surface area (Å²) in [6, 6.07) is 7.72. The number of nitrogens with one attached hydrogen (secondary N) is 1. The molecular formula is C19H23N3O3. The number of carbonyl (C=O) groups is 1. The molecule has 0 radical (unpaired) electrons. The van der Waals surface area contributed by atoms with E-state index in [1.54, 1.807) is 13.3 Å². The molecule has 2 aliphatic rings. The number of aromatic nitrogens is 2. The number of rotatable bonds is 4. The molecule has 132 valence electrons. The van der Waals surface area contributed by atoms with E-state index in [4.69, 9.17) is 9.47 Å². The minimum absolute atomic E-state index is 0.148. The van der Waals surface area contributed by atoms with E-state index in [2.05, 4.69) is 9.97 Å². The zero-order valence-electron chi connectivity index (χ0n) is 14.6. The Kier molecular flexibility index (Phi) is 4.00. The van der Waals surface area contributed by atoms with Crippen LogP contribution in [0.4, 0.5) is 0 Å². The van der Waals surface area contributed by atoms with Crippen LogP contribution in [0.15, 0.2) is 30.5 Å². The molecule has 1 aliphatic carbocycles. The molecule has 0 bridgehead atoms. The fourth-order valence-electron chi connectivity index (χ4n) is 3.61. The third kappa shape index (κ3) is 2.80. The summed E-state index contributed by atoms with van der Waals surface area (Å²) in [7, 11) is 1.65. The molecule has 6 nitrogen and oxygen atoms in total. The quantitative estimate of drug-likeness (QED) is 0.927. The van der Waals surface area contributed by atoms with E-state index >= 15 is 0 Å². The molecular weight excluding hydrogens is 318 g/mol. The third-order valence-corrected chi connectivity index (χ3v) is 5.23. The summed E-state index contributed by atoms with van der Waals surface area (Å²) in [5, 5.41) is 0. The summed E-state index contributed by atoms with van der Waals surface area (Å²) in [5.41, 5.74) is 1.66. The van der Waals surface area contributed by atoms with Crippen LogP contribution in [0.5, 0.6) is 5.75 Å². The molecule has 2 aromatic rings. The molecule has 1 atom stereocenters. The van der Waals surface area contributed by atoms with Gasteiger partial charge in [-0.05, 0) is 37.5 Å². The lowest BCUT2D eigenvalue weighted by molar-refractivity contribution is -0.143. The van der Waals surface area contributed by atoms with Crippen LogP contribution in [-0.4, -0.2) is 47.6 Å². The van der Waals surface area contributed by atoms with E-state index in [1.807, 2.05) is 36.1 Å². The molecule has 2 fully saturated rings. The molecule has 1 unspecified atom stereocenters. The summed E-state index contributed by atoms with van der Waals surface area (Å²) < 4.78 is 10.9. The van der Waals surface area contributed by atoms with Crippen LogP contribution in [0.1, 0.15) is 36.0 Å². The van der Waals surface area contributed by atoms with Crippen molar-refractivity contribution in [3.8, 4) is 5.75 Å². The van der Waals surface area contributed by atoms with Gasteiger partial charge in [0.05, 0.1) is 25.7 Å². The van der Waals surface area contributed by atoms with E-state index < -0.39 is 5.41 Å². The average molecular weight is 341 g/mol. The van der Waals surface area contributed by atoms with Gasteiger partial charge in [0.25, 0.3) is 0 Å². The third-order valence-electron chi connectivity index (χ3n) is 5.23. The minimum atomic E-state index is -0.399. The molecule has 2 heterocycles. The molecule has 1 aromatic carbocycles. The standard InChI is InChI=1S/C19H23N3O3/c1-13-11-20-17(21-13)16-12-25-10-9-22(16)18(23)19(7-8-19)14-3-5-15(24-2)6-4-14/h3-6,11,16H,7-10,12H2,1-2H3,(H,20,21). The smallest absolute Gasteiger partial charge is 0.234 e. The topological polar surface area (TPSA) is 67.4 Å². The van der Waals surface area contributed by atoms with E-state index in [1.165, 1.54) is 0 Å². The number of carbonyl (C=O) groups excluding carboxylic acids is 1. The molecule has 25 heavy (non-hydrogen) atoms. The Morgan fingerprint density at radius 1 is 1.36 bits per heavy atom. The number of ether oxygens (including phenoxy) is 2. The summed E-state index contributed by atoms with van der Waals surface area (Å²) in [5.74, 6) is 1.79. The van der Waals surface area contributed by atoms with Gasteiger partial charge in [-0.15, -0.1) is 0 Å². The number of H-pyrrole nitrogens is 1. The van der Waals surface area contributed by atoms with Gasteiger partial charge in [0.15, 0.2) is 0 Å². The zero-order chi connectivity index (χ0) is 17.4. The summed E-state index contributed by atoms with van der Waals surface area (Å²) in [4.78, 5) is 23.0. The van der Waals surface area contributed by atoms with Crippen molar-refractivity contribution < 1.29 is 14.3 Å². The Morgan fingerprint density at radius 3 is 2.72 bits per heavy atom. The average Bonchev–Trinajstić information content (AvgIpc) is 3.36. The molecule has 4 rings (SSSR count). The predicted molar refractivity (Wildman–Crippen MR) is 92.5 cm³/mol. The summed E-state index contributed by atoms with van der Waals surface area (Å²) in [6.07, 6.45) is 3.57. The number of morpholine rings is 1. The molecule has 1 N–H and O–H groups in total. The Balaban J connectivity index is 1.61. The van der Waals surface area contributed by atoms with Crippen molar-refractivity contribution in [3.05, 3.63) is 47.5 Å². The second-order valence-electron chi connectivity index (χ2n) is 6.85. The predicted octanol–water partition coefficient (Wildman–Crippen LogP) is 2.36. The molecule has 1 aliphatic heterocycles. The highest BCUT2D eigenvalue weighted by Crippen LogP contribution is 2.51. The maximum atomic E-state index is 13.4. The molecule has 1 saturated carbocycles. The Labute approximate surface area is 147 Å². The zero-order valence-corrected chi connectivity index (χ0v) is 14.6. The number of benzene rings is 1. The van der Waals surface area contributed by atoms with Crippen molar-refractivity contribution in [2.45, 2.75) is 31.2 Å². The van der Waals surface area contributed by atoms with Crippen molar-refractivity contribution in [1.82, 2.24) is 14.9 Å². The highest BCUT2D eigenvalue weighted by molar-refractivity contribution is 5.91. The van der Waals surface area contributed by atoms with Gasteiger partial charge in [-0.25, -0.2) is 4.98 Å². The van der Waals surface area contributed by atoms with E-state index in [0.29, 0.717) is 19.8 Å². The van der Waals surface area contributed by atoms with Crippen molar-refractivity contribution in [2.75, 3.05) is 26.9 Å². The molecule has 1 saturated heterocycles. The Bertz CT molecular complexity index is 764. The fraction of sp³-hybridized carbons (Fsp3) is 0.474. The van der Waals surface area contributed by atoms with Gasteiger partial charge in [-0.2, -0.15) is 0 Å². The van der Waals surface area contributed by atoms with Crippen LogP contribution in [0.2, 0.25) is 0 Å². The van der Waals surface area contributed by atoms with Crippen molar-refractivity contribution in [1.29, 1.82) is 0 Å². The number of amides is 1. The molecule has 0 spiro atoms. The number of hydrogen-bond donors (Lipinski definition) is 1. The summed E-state index contributed by atoms with van der Waals surface area (Å²) in [6.45, 7) is 3.62. The first-order valence-electron chi connectivity index (χ1n) is 8.69. The molecule has 1 aromatic heterocycles. The van der Waals surface area contributed by atoms with Gasteiger partial charge in [-0.1, -0.05) is 12.1 Å². The van der Waals surface area contributed by atoms with Gasteiger partial charge in [0.1, 0.15) is 17.6 Å². The SMILES string of the molecule is COc1ccc(C2(C(=O)N3CCOCC3c3ncc(C)[nH]3)CC2)cc1. The first-order valence-corrected chi connectivity index (χ1v) is 8.69. The Morgan fingerprint density at radius 2 is 2.12 bits per heavy atom. The largest absolute Gasteiger partial charge is 0.497 e. The van der Waals surface area contributed by atoms with Gasteiger partial charge in [0, 0.05) is 18.4 Å². The lowest BCUT2D eigenvalue weighted by Gasteiger charge is -2.37. The van der Waals surface area contributed by atoms with Crippen molar-refractivity contribution in [3.63, 3.8) is 0 Å². The van der Waals surface area contributed by atoms with Gasteiger partial charge in [-0.3, -0.25) is 4.79 Å². The van der Waals surface area contributed by atoms with Crippen LogP contribution in [0.25, 0.3) is 0 Å². The highest BCUT2D eigenvalue weighted by Gasteiger charge is 2.54. The lowest BCUT2D eigenvalue weighted by atomic mass is 9.93. The monoisotopic (exact) mass is 341 g/mol. The number of imidazole rings is 1. The highest BCUT2D eigenvalue weighted by atomic mass is 16.5. The van der Waals surface area contributed by atoms with E-state index in [0.717, 1.165) is 35.7 Å². The second kappa shape index (κ2) is 6.19. The number of aryl methyl sites for hydroxylation is 1. The summed E-state index contributed by atoms with van der Waals surface area (Å²) >= 11 is 0. The maximum absolute atomic E-state index is 13.4. The first-order chi connectivity index (χ1) is 12.1. The van der Waals surface area contributed by atoms with Crippen LogP contribution in [-0.2, 0) is 14.9 Å². The van der Waals surface area contributed by atoms with Crippen molar-refractivity contribution >= 4 is 5.91 Å². The Hall–Kier alpha value is -2.34. The van der Waals surface area contributed by atoms with Gasteiger partial charge in [0.2, 0.25) is 5.91 Å². The number of methoxy groups -OCH3 is 1. The first kappa shape index (κ1) is 16.1. The maximum Gasteiger partial charge on any atom is 0.234 e. The van der Waals surface area contributed by atoms with Gasteiger partial charge < -0.3 is 19.4 Å². The second-order valence-corrected chi connectivity index (χ2v) is 6.85. The normalized spacial score (nSPS) is 21.8. The van der Waals surface area contributed by atoms with Crippen LogP contribution in [0, 0.1) is 6.92 Å². The molecule has 1 amide bonds. The van der Waals surface area contributed by atoms with Crippen LogP contribution >= 0.6 is 0 Å². The number of nitrogens with zero attached hydrogens (tertiary/aromatic N) is 2. The lowest BCUT2D eigenvalue weighted by Crippen LogP contribution is -2.48. The van der Waals surface area contributed by atoms with E-state index in [9.17, 15) is 4.79 Å². The van der Waals surface area contributed by atoms with Gasteiger partial charge >= 0.3 is 0 Å². The number of hydrogen-bond acceptors (Lipinski definition) is 4. The van der Waals surface area contributed by atoms with Crippen LogP contribution < -0.4 is 4.74 Å². The molecule has 6 heteroatoms. The minimum Gasteiger partial charge on any atom is -0.497 e. The van der Waals surface area contributed by atoms with Crippen LogP contribution in [0.3, 0.4) is 0 Å². The number of aromatic amines is 1. The van der Waals surface area contributed by atoms with E-state index in [-0.39, 0.29) is 11.9 Å².